The molecular formula is C26H24Cl2Hf. The second kappa shape index (κ2) is 9.98. The van der Waals surface area contributed by atoms with Gasteiger partial charge in [0.05, 0.1) is 0 Å². The van der Waals surface area contributed by atoms with Gasteiger partial charge in [0.2, 0.25) is 0 Å². The van der Waals surface area contributed by atoms with Gasteiger partial charge < -0.3 is 0 Å². The number of fused-ring (bicyclic) bond motifs is 3. The van der Waals surface area contributed by atoms with Gasteiger partial charge in [-0.25, -0.2) is 0 Å². The molecule has 146 valence electrons. The molecule has 3 aromatic rings. The summed E-state index contributed by atoms with van der Waals surface area (Å²) in [5.41, 5.74) is 7.49. The Hall–Kier alpha value is -1.54. The Morgan fingerprint density at radius 3 is 1.93 bits per heavy atom. The molecule has 0 unspecified atom stereocenters. The van der Waals surface area contributed by atoms with E-state index in [0.717, 1.165) is 12.8 Å². The molecule has 0 radical (unpaired) electrons. The van der Waals surface area contributed by atoms with Crippen LogP contribution in [0.25, 0.3) is 11.1 Å². The predicted octanol–water partition coefficient (Wildman–Crippen LogP) is 7.11. The zero-order chi connectivity index (χ0) is 18.1. The van der Waals surface area contributed by atoms with Crippen molar-refractivity contribution in [3.63, 3.8) is 0 Å². The molecule has 0 saturated heterocycles. The number of hydrogen-bond acceptors (Lipinski definition) is 0. The molecule has 3 heteroatoms. The molecule has 0 fully saturated rings. The normalized spacial score (nSPS) is 14.5. The van der Waals surface area contributed by atoms with Gasteiger partial charge in [-0.15, -0.1) is 24.8 Å². The first kappa shape index (κ1) is 22.2. The maximum atomic E-state index is 2.75. The molecule has 0 nitrogen and oxygen atoms in total. The Balaban J connectivity index is 0.00000120. The van der Waals surface area contributed by atoms with Crippen molar-refractivity contribution in [2.24, 2.45) is 0 Å². The number of benzene rings is 3. The van der Waals surface area contributed by atoms with Crippen molar-refractivity contribution in [1.29, 1.82) is 0 Å². The van der Waals surface area contributed by atoms with Crippen LogP contribution in [-0.4, -0.2) is 3.76 Å². The molecule has 5 rings (SSSR count). The van der Waals surface area contributed by atoms with Crippen molar-refractivity contribution in [1.82, 2.24) is 0 Å². The van der Waals surface area contributed by atoms with Crippen LogP contribution in [0.4, 0.5) is 0 Å². The Morgan fingerprint density at radius 2 is 1.34 bits per heavy atom. The van der Waals surface area contributed by atoms with E-state index in [1.807, 2.05) is 0 Å². The van der Waals surface area contributed by atoms with Crippen LogP contribution in [0.1, 0.15) is 26.8 Å². The summed E-state index contributed by atoms with van der Waals surface area (Å²) in [6.07, 6.45) is 9.29. The molecule has 0 spiro atoms. The van der Waals surface area contributed by atoms with Crippen LogP contribution in [0.3, 0.4) is 0 Å². The molecule has 0 atom stereocenters. The predicted molar refractivity (Wildman–Crippen MR) is 126 cm³/mol. The second-order valence-electron chi connectivity index (χ2n) is 7.28. The topological polar surface area (TPSA) is 0 Å². The minimum absolute atomic E-state index is 0. The van der Waals surface area contributed by atoms with Gasteiger partial charge in [-0.05, 0) is 0 Å². The first-order valence-electron chi connectivity index (χ1n) is 9.70. The SMILES string of the molecule is C1=CC[C](/[Hf](=[CH]\Cc2ccccc2)[CH]2c3ccccc3-c3ccccc32)=C1.Cl.Cl. The summed E-state index contributed by atoms with van der Waals surface area (Å²) in [6, 6.07) is 29.2. The number of halogens is 2. The van der Waals surface area contributed by atoms with Crippen LogP contribution in [0.5, 0.6) is 0 Å². The molecule has 0 bridgehead atoms. The summed E-state index contributed by atoms with van der Waals surface area (Å²) in [4.78, 5) is 0. The van der Waals surface area contributed by atoms with E-state index in [9.17, 15) is 0 Å². The van der Waals surface area contributed by atoms with Crippen LogP contribution in [0, 0.1) is 0 Å². The van der Waals surface area contributed by atoms with Gasteiger partial charge in [-0.1, -0.05) is 0 Å². The number of rotatable bonds is 4. The molecule has 0 amide bonds. The smallest absolute Gasteiger partial charge is 0.147 e. The molecular weight excluding hydrogens is 562 g/mol. The molecule has 2 aliphatic carbocycles. The van der Waals surface area contributed by atoms with Crippen molar-refractivity contribution in [3.05, 3.63) is 117 Å². The first-order valence-corrected chi connectivity index (χ1v) is 15.6. The number of hydrogen-bond donors (Lipinski definition) is 0. The summed E-state index contributed by atoms with van der Waals surface area (Å²) in [6.45, 7) is 0. The maximum absolute atomic E-state index is 2.75. The molecule has 0 saturated carbocycles. The van der Waals surface area contributed by atoms with Crippen LogP contribution < -0.4 is 0 Å². The molecule has 0 heterocycles. The fourth-order valence-electron chi connectivity index (χ4n) is 4.43. The van der Waals surface area contributed by atoms with E-state index in [2.05, 4.69) is 101 Å². The van der Waals surface area contributed by atoms with Gasteiger partial charge in [0, 0.05) is 0 Å². The fraction of sp³-hybridized carbons (Fsp3) is 0.115. The Morgan fingerprint density at radius 1 is 0.759 bits per heavy atom. The van der Waals surface area contributed by atoms with E-state index in [4.69, 9.17) is 0 Å². The molecule has 29 heavy (non-hydrogen) atoms. The van der Waals surface area contributed by atoms with E-state index >= 15 is 0 Å². The van der Waals surface area contributed by atoms with Crippen molar-refractivity contribution in [2.45, 2.75) is 16.5 Å². The number of allylic oxidation sites excluding steroid dienone is 4. The zero-order valence-corrected chi connectivity index (χ0v) is 21.3. The maximum Gasteiger partial charge on any atom is -0.147 e. The average molecular weight is 586 g/mol. The van der Waals surface area contributed by atoms with Crippen molar-refractivity contribution >= 4 is 28.6 Å². The van der Waals surface area contributed by atoms with Crippen molar-refractivity contribution in [3.8, 4) is 11.1 Å². The summed E-state index contributed by atoms with van der Waals surface area (Å²) < 4.78 is 5.12. The van der Waals surface area contributed by atoms with E-state index in [1.54, 1.807) is 14.5 Å². The minimum Gasteiger partial charge on any atom is -0.147 e. The van der Waals surface area contributed by atoms with Gasteiger partial charge in [0.15, 0.2) is 0 Å². The van der Waals surface area contributed by atoms with Gasteiger partial charge in [0.1, 0.15) is 0 Å². The Kier molecular flexibility index (Phi) is 7.62. The second-order valence-corrected chi connectivity index (χ2v) is 16.4. The first-order chi connectivity index (χ1) is 13.4. The molecule has 0 aromatic heterocycles. The third kappa shape index (κ3) is 4.33. The van der Waals surface area contributed by atoms with Crippen molar-refractivity contribution in [2.75, 3.05) is 0 Å². The Bertz CT molecular complexity index is 1040. The molecule has 0 N–H and O–H groups in total. The van der Waals surface area contributed by atoms with Gasteiger partial charge in [-0.3, -0.25) is 0 Å². The van der Waals surface area contributed by atoms with Crippen LogP contribution in [0.15, 0.2) is 100 Å². The van der Waals surface area contributed by atoms with Crippen LogP contribution >= 0.6 is 24.8 Å². The van der Waals surface area contributed by atoms with E-state index in [0.29, 0.717) is 3.67 Å². The monoisotopic (exact) mass is 586 g/mol. The van der Waals surface area contributed by atoms with E-state index in [1.165, 1.54) is 16.7 Å². The fourth-order valence-corrected chi connectivity index (χ4v) is 15.7. The van der Waals surface area contributed by atoms with Gasteiger partial charge in [0.25, 0.3) is 0 Å². The standard InChI is InChI=1S/C13H9.C8H8.C5H5.2ClH.Hf/c1-3-7-12-10(5-1)9-11-6-2-4-8-13(11)12;1-2-8-6-4-3-5-7-8;1-2-4-5-3-1;;;/h1-9H;1,3-7H,2H2;1-3H,4H2;2*1H;. The molecule has 2 aliphatic rings. The summed E-state index contributed by atoms with van der Waals surface area (Å²) in [5, 5.41) is 0. The largest absolute Gasteiger partial charge is 0.147 e. The molecule has 3 aromatic carbocycles. The van der Waals surface area contributed by atoms with E-state index in [-0.39, 0.29) is 24.8 Å². The average Bonchev–Trinajstić information content (AvgIpc) is 3.37. The third-order valence-corrected chi connectivity index (χ3v) is 16.5. The van der Waals surface area contributed by atoms with Crippen LogP contribution in [-0.2, 0) is 27.4 Å². The third-order valence-electron chi connectivity index (χ3n) is 5.69. The summed E-state index contributed by atoms with van der Waals surface area (Å²) in [5.74, 6) is 0. The quantitative estimate of drug-likeness (QED) is 0.287. The van der Waals surface area contributed by atoms with E-state index < -0.39 is 21.0 Å². The van der Waals surface area contributed by atoms with Crippen molar-refractivity contribution < 1.29 is 21.0 Å². The zero-order valence-electron chi connectivity index (χ0n) is 16.1. The minimum atomic E-state index is -2.23. The molecule has 0 aliphatic heterocycles. The van der Waals surface area contributed by atoms with Gasteiger partial charge in [-0.2, -0.15) is 0 Å². The van der Waals surface area contributed by atoms with Crippen LogP contribution in [0.2, 0.25) is 0 Å². The Labute approximate surface area is 193 Å². The summed E-state index contributed by atoms with van der Waals surface area (Å²) >= 11 is -2.23. The summed E-state index contributed by atoms with van der Waals surface area (Å²) in [7, 11) is 0. The van der Waals surface area contributed by atoms with Gasteiger partial charge >= 0.3 is 169 Å².